The van der Waals surface area contributed by atoms with Crippen molar-refractivity contribution in [3.63, 3.8) is 0 Å². The van der Waals surface area contributed by atoms with Gasteiger partial charge in [0.25, 0.3) is 5.91 Å². The predicted octanol–water partition coefficient (Wildman–Crippen LogP) is 3.27. The molecule has 1 heterocycles. The first-order valence-corrected chi connectivity index (χ1v) is 7.92. The highest BCUT2D eigenvalue weighted by Crippen LogP contribution is 2.28. The van der Waals surface area contributed by atoms with Gasteiger partial charge in [-0.25, -0.2) is 0 Å². The largest absolute Gasteiger partial charge is 0.339 e. The van der Waals surface area contributed by atoms with E-state index in [4.69, 9.17) is 0 Å². The van der Waals surface area contributed by atoms with Crippen LogP contribution in [0.2, 0.25) is 0 Å². The minimum atomic E-state index is 0.0334. The Balaban J connectivity index is 1.64. The second-order valence-corrected chi connectivity index (χ2v) is 5.82. The van der Waals surface area contributed by atoms with E-state index in [2.05, 4.69) is 29.6 Å². The van der Waals surface area contributed by atoms with E-state index in [-0.39, 0.29) is 5.91 Å². The van der Waals surface area contributed by atoms with Gasteiger partial charge < -0.3 is 10.2 Å². The molecule has 0 unspecified atom stereocenters. The van der Waals surface area contributed by atoms with E-state index >= 15 is 0 Å². The summed E-state index contributed by atoms with van der Waals surface area (Å²) in [5, 5.41) is 2.58. The van der Waals surface area contributed by atoms with Crippen molar-refractivity contribution in [2.75, 3.05) is 18.4 Å². The van der Waals surface area contributed by atoms with Gasteiger partial charge in [0.05, 0.1) is 0 Å². The van der Waals surface area contributed by atoms with Crippen LogP contribution in [0.25, 0.3) is 0 Å². The van der Waals surface area contributed by atoms with Crippen molar-refractivity contribution in [3.05, 3.63) is 65.7 Å². The Labute approximate surface area is 136 Å². The lowest BCUT2D eigenvalue weighted by molar-refractivity contribution is -0.105. The van der Waals surface area contributed by atoms with Crippen molar-refractivity contribution in [1.82, 2.24) is 4.90 Å². The lowest BCUT2D eigenvalue weighted by Gasteiger charge is -2.32. The number of carbonyl (C=O) groups excluding carboxylic acids is 2. The summed E-state index contributed by atoms with van der Waals surface area (Å²) in [6, 6.07) is 17.6. The van der Waals surface area contributed by atoms with Crippen molar-refractivity contribution in [3.8, 4) is 0 Å². The molecule has 1 aliphatic heterocycles. The molecular formula is C19H20N2O2. The number of amides is 2. The Kier molecular flexibility index (Phi) is 4.71. The Morgan fingerprint density at radius 2 is 1.78 bits per heavy atom. The number of carbonyl (C=O) groups is 2. The molecule has 23 heavy (non-hydrogen) atoms. The highest BCUT2D eigenvalue weighted by Gasteiger charge is 2.24. The van der Waals surface area contributed by atoms with E-state index in [1.54, 1.807) is 24.3 Å². The zero-order valence-corrected chi connectivity index (χ0v) is 12.9. The number of anilines is 1. The molecule has 1 fully saturated rings. The predicted molar refractivity (Wildman–Crippen MR) is 90.4 cm³/mol. The molecule has 118 valence electrons. The summed E-state index contributed by atoms with van der Waals surface area (Å²) in [5.41, 5.74) is 2.62. The summed E-state index contributed by atoms with van der Waals surface area (Å²) in [5.74, 6) is 0.564. The lowest BCUT2D eigenvalue weighted by atomic mass is 9.89. The molecule has 2 aromatic carbocycles. The summed E-state index contributed by atoms with van der Waals surface area (Å²) in [4.78, 5) is 25.0. The molecule has 1 N–H and O–H groups in total. The zero-order valence-electron chi connectivity index (χ0n) is 12.9. The second kappa shape index (κ2) is 7.09. The molecule has 2 amide bonds. The van der Waals surface area contributed by atoms with E-state index in [9.17, 15) is 9.59 Å². The average Bonchev–Trinajstić information content (AvgIpc) is 2.62. The van der Waals surface area contributed by atoms with Crippen LogP contribution in [-0.2, 0) is 4.79 Å². The topological polar surface area (TPSA) is 49.4 Å². The number of benzene rings is 2. The van der Waals surface area contributed by atoms with Crippen molar-refractivity contribution in [1.29, 1.82) is 0 Å². The molecule has 1 aliphatic rings. The summed E-state index contributed by atoms with van der Waals surface area (Å²) in [7, 11) is 0. The third kappa shape index (κ3) is 3.59. The van der Waals surface area contributed by atoms with Crippen LogP contribution in [0.15, 0.2) is 54.6 Å². The van der Waals surface area contributed by atoms with Crippen LogP contribution < -0.4 is 5.32 Å². The van der Waals surface area contributed by atoms with Gasteiger partial charge in [-0.2, -0.15) is 0 Å². The maximum Gasteiger partial charge on any atom is 0.253 e. The van der Waals surface area contributed by atoms with Gasteiger partial charge in [0.2, 0.25) is 6.41 Å². The van der Waals surface area contributed by atoms with Crippen LogP contribution in [0.4, 0.5) is 5.69 Å². The maximum absolute atomic E-state index is 12.6. The normalized spacial score (nSPS) is 15.2. The van der Waals surface area contributed by atoms with E-state index in [1.807, 2.05) is 11.0 Å². The third-order valence-corrected chi connectivity index (χ3v) is 4.39. The van der Waals surface area contributed by atoms with Gasteiger partial charge in [0.1, 0.15) is 0 Å². The molecule has 0 spiro atoms. The smallest absolute Gasteiger partial charge is 0.253 e. The first-order chi connectivity index (χ1) is 11.3. The molecule has 4 nitrogen and oxygen atoms in total. The zero-order chi connectivity index (χ0) is 16.1. The molecule has 3 rings (SSSR count). The van der Waals surface area contributed by atoms with Gasteiger partial charge >= 0.3 is 0 Å². The fourth-order valence-electron chi connectivity index (χ4n) is 3.13. The number of rotatable bonds is 4. The van der Waals surface area contributed by atoms with E-state index in [0.717, 1.165) is 25.9 Å². The molecule has 0 aliphatic carbocycles. The number of hydrogen-bond acceptors (Lipinski definition) is 2. The van der Waals surface area contributed by atoms with Gasteiger partial charge in [-0.15, -0.1) is 0 Å². The Hall–Kier alpha value is -2.62. The summed E-state index contributed by atoms with van der Waals surface area (Å²) < 4.78 is 0. The van der Waals surface area contributed by atoms with E-state index < -0.39 is 0 Å². The molecular weight excluding hydrogens is 288 g/mol. The number of nitrogens with one attached hydrogen (secondary N) is 1. The Morgan fingerprint density at radius 1 is 1.04 bits per heavy atom. The summed E-state index contributed by atoms with van der Waals surface area (Å²) in [6.45, 7) is 1.54. The summed E-state index contributed by atoms with van der Waals surface area (Å²) >= 11 is 0. The van der Waals surface area contributed by atoms with Gasteiger partial charge in [0, 0.05) is 24.3 Å². The van der Waals surface area contributed by atoms with E-state index in [1.165, 1.54) is 5.56 Å². The van der Waals surface area contributed by atoms with Crippen LogP contribution in [0.1, 0.15) is 34.7 Å². The van der Waals surface area contributed by atoms with Crippen LogP contribution in [0.3, 0.4) is 0 Å². The quantitative estimate of drug-likeness (QED) is 0.881. The van der Waals surface area contributed by atoms with Gasteiger partial charge in [-0.05, 0) is 42.5 Å². The number of piperidine rings is 1. The third-order valence-electron chi connectivity index (χ3n) is 4.39. The van der Waals surface area contributed by atoms with Crippen molar-refractivity contribution >= 4 is 18.0 Å². The molecule has 0 saturated carbocycles. The van der Waals surface area contributed by atoms with Crippen molar-refractivity contribution in [2.45, 2.75) is 18.8 Å². The van der Waals surface area contributed by atoms with Crippen LogP contribution in [0.5, 0.6) is 0 Å². The Bertz CT molecular complexity index is 677. The van der Waals surface area contributed by atoms with Gasteiger partial charge in [-0.1, -0.05) is 36.4 Å². The standard InChI is InChI=1S/C19H20N2O2/c22-14-20-18-8-4-7-17(13-18)19(23)21-11-9-16(10-12-21)15-5-2-1-3-6-15/h1-8,13-14,16H,9-12H2,(H,20,22). The molecule has 0 aromatic heterocycles. The lowest BCUT2D eigenvalue weighted by Crippen LogP contribution is -2.37. The van der Waals surface area contributed by atoms with E-state index in [0.29, 0.717) is 23.6 Å². The van der Waals surface area contributed by atoms with Gasteiger partial charge in [-0.3, -0.25) is 9.59 Å². The number of nitrogens with zero attached hydrogens (tertiary/aromatic N) is 1. The second-order valence-electron chi connectivity index (χ2n) is 5.82. The van der Waals surface area contributed by atoms with Crippen LogP contribution in [-0.4, -0.2) is 30.3 Å². The molecule has 0 bridgehead atoms. The number of hydrogen-bond donors (Lipinski definition) is 1. The molecule has 0 atom stereocenters. The molecule has 4 heteroatoms. The molecule has 1 saturated heterocycles. The average molecular weight is 308 g/mol. The monoisotopic (exact) mass is 308 g/mol. The minimum absolute atomic E-state index is 0.0334. The maximum atomic E-state index is 12.6. The highest BCUT2D eigenvalue weighted by atomic mass is 16.2. The van der Waals surface area contributed by atoms with Gasteiger partial charge in [0.15, 0.2) is 0 Å². The van der Waals surface area contributed by atoms with Crippen LogP contribution in [0, 0.1) is 0 Å². The number of likely N-dealkylation sites (tertiary alicyclic amines) is 1. The van der Waals surface area contributed by atoms with Crippen LogP contribution >= 0.6 is 0 Å². The first-order valence-electron chi connectivity index (χ1n) is 7.92. The van der Waals surface area contributed by atoms with Crippen molar-refractivity contribution < 1.29 is 9.59 Å². The van der Waals surface area contributed by atoms with Crippen molar-refractivity contribution in [2.24, 2.45) is 0 Å². The SMILES string of the molecule is O=CNc1cccc(C(=O)N2CCC(c3ccccc3)CC2)c1. The fourth-order valence-corrected chi connectivity index (χ4v) is 3.13. The Morgan fingerprint density at radius 3 is 2.48 bits per heavy atom. The first kappa shape index (κ1) is 15.3. The molecule has 0 radical (unpaired) electrons. The highest BCUT2D eigenvalue weighted by molar-refractivity contribution is 5.95. The minimum Gasteiger partial charge on any atom is -0.339 e. The fraction of sp³-hybridized carbons (Fsp3) is 0.263. The molecule has 2 aromatic rings. The summed E-state index contributed by atoms with van der Waals surface area (Å²) in [6.07, 6.45) is 2.60.